The van der Waals surface area contributed by atoms with Crippen LogP contribution in [-0.4, -0.2) is 27.7 Å². The molecule has 1 aliphatic rings. The molecule has 5 nitrogen and oxygen atoms in total. The first kappa shape index (κ1) is 18.1. The number of carbonyl (C=O) groups is 2. The highest BCUT2D eigenvalue weighted by Crippen LogP contribution is 2.59. The molecule has 1 aromatic rings. The van der Waals surface area contributed by atoms with Crippen molar-refractivity contribution in [2.75, 3.05) is 0 Å². The molecule has 0 aromatic carbocycles. The molecule has 1 heterocycles. The Morgan fingerprint density at radius 3 is 2.48 bits per heavy atom. The molecule has 1 unspecified atom stereocenters. The summed E-state index contributed by atoms with van der Waals surface area (Å²) in [5.41, 5.74) is -1.60. The molecule has 0 amide bonds. The van der Waals surface area contributed by atoms with Gasteiger partial charge in [-0.2, -0.15) is 5.26 Å². The highest BCUT2D eigenvalue weighted by molar-refractivity contribution is 7.10. The summed E-state index contributed by atoms with van der Waals surface area (Å²) >= 11 is 1.69. The molecule has 1 fully saturated rings. The summed E-state index contributed by atoms with van der Waals surface area (Å²) in [6.45, 7) is 6.06. The number of thiophene rings is 1. The summed E-state index contributed by atoms with van der Waals surface area (Å²) in [7, 11) is 0. The van der Waals surface area contributed by atoms with Crippen LogP contribution >= 0.6 is 11.3 Å². The standard InChI is InChI=1S/C17H24O5S/c1-4-17(20,13(18)14(19)22-21)8-7-16(10-15(2,3)11-16)12-6-5-9-23-12/h5-6,9,20-21H,4,7-8,10-11H2,1-3H3. The van der Waals surface area contributed by atoms with Gasteiger partial charge in [0.05, 0.1) is 0 Å². The topological polar surface area (TPSA) is 83.8 Å². The summed E-state index contributed by atoms with van der Waals surface area (Å²) in [6, 6.07) is 4.10. The molecule has 1 aromatic heterocycles. The van der Waals surface area contributed by atoms with E-state index in [0.717, 1.165) is 12.8 Å². The average Bonchev–Trinajstić information content (AvgIpc) is 3.03. The molecule has 0 spiro atoms. The highest BCUT2D eigenvalue weighted by atomic mass is 32.1. The van der Waals surface area contributed by atoms with Gasteiger partial charge in [-0.05, 0) is 49.0 Å². The summed E-state index contributed by atoms with van der Waals surface area (Å²) in [5.74, 6) is -2.49. The SMILES string of the molecule is CCC(O)(CCC1(c2cccs2)CC(C)(C)C1)C(=O)C(=O)OO. The Balaban J connectivity index is 2.15. The van der Waals surface area contributed by atoms with Gasteiger partial charge in [-0.1, -0.05) is 26.8 Å². The third-order valence-corrected chi connectivity index (χ3v) is 6.09. The number of Topliss-reactive ketones (excluding diaryl/α,β-unsaturated/α-hetero) is 1. The van der Waals surface area contributed by atoms with E-state index in [4.69, 9.17) is 5.26 Å². The molecule has 2 rings (SSSR count). The van der Waals surface area contributed by atoms with Crippen LogP contribution < -0.4 is 0 Å². The van der Waals surface area contributed by atoms with Crippen LogP contribution in [-0.2, 0) is 19.9 Å². The first-order chi connectivity index (χ1) is 10.7. The van der Waals surface area contributed by atoms with Gasteiger partial charge in [0, 0.05) is 10.3 Å². The van der Waals surface area contributed by atoms with Gasteiger partial charge < -0.3 is 5.11 Å². The lowest BCUT2D eigenvalue weighted by molar-refractivity contribution is -0.235. The van der Waals surface area contributed by atoms with Gasteiger partial charge in [-0.25, -0.2) is 4.79 Å². The molecule has 0 radical (unpaired) electrons. The maximum Gasteiger partial charge on any atom is 0.411 e. The summed E-state index contributed by atoms with van der Waals surface area (Å²) in [6.07, 6.45) is 2.86. The van der Waals surface area contributed by atoms with Gasteiger partial charge in [-0.15, -0.1) is 11.3 Å². The lowest BCUT2D eigenvalue weighted by Crippen LogP contribution is -2.49. The van der Waals surface area contributed by atoms with Crippen LogP contribution in [0.1, 0.15) is 57.8 Å². The second-order valence-electron chi connectivity index (χ2n) is 7.37. The summed E-state index contributed by atoms with van der Waals surface area (Å²) in [4.78, 5) is 28.0. The maximum atomic E-state index is 12.0. The van der Waals surface area contributed by atoms with Crippen LogP contribution in [0.25, 0.3) is 0 Å². The number of hydrogen-bond acceptors (Lipinski definition) is 6. The van der Waals surface area contributed by atoms with Gasteiger partial charge in [-0.3, -0.25) is 9.68 Å². The Morgan fingerprint density at radius 2 is 2.04 bits per heavy atom. The van der Waals surface area contributed by atoms with E-state index in [1.807, 2.05) is 11.4 Å². The first-order valence-corrected chi connectivity index (χ1v) is 8.73. The van der Waals surface area contributed by atoms with Crippen LogP contribution in [0.2, 0.25) is 0 Å². The summed E-state index contributed by atoms with van der Waals surface area (Å²) in [5, 5.41) is 21.0. The van der Waals surface area contributed by atoms with Crippen LogP contribution in [0.4, 0.5) is 0 Å². The fraction of sp³-hybridized carbons (Fsp3) is 0.647. The van der Waals surface area contributed by atoms with Crippen molar-refractivity contribution in [3.05, 3.63) is 22.4 Å². The summed E-state index contributed by atoms with van der Waals surface area (Å²) < 4.78 is 0. The van der Waals surface area contributed by atoms with Crippen molar-refractivity contribution in [3.63, 3.8) is 0 Å². The smallest absolute Gasteiger partial charge is 0.381 e. The third kappa shape index (κ3) is 3.49. The van der Waals surface area contributed by atoms with E-state index in [1.54, 1.807) is 18.3 Å². The molecule has 0 saturated heterocycles. The predicted octanol–water partition coefficient (Wildman–Crippen LogP) is 3.31. The monoisotopic (exact) mass is 340 g/mol. The number of rotatable bonds is 7. The van der Waals surface area contributed by atoms with Gasteiger partial charge >= 0.3 is 5.97 Å². The Morgan fingerprint density at radius 1 is 1.39 bits per heavy atom. The second-order valence-corrected chi connectivity index (χ2v) is 8.32. The molecule has 1 atom stereocenters. The molecule has 6 heteroatoms. The van der Waals surface area contributed by atoms with E-state index in [-0.39, 0.29) is 23.7 Å². The Labute approximate surface area is 140 Å². The molecular weight excluding hydrogens is 316 g/mol. The van der Waals surface area contributed by atoms with E-state index >= 15 is 0 Å². The molecule has 1 saturated carbocycles. The molecule has 1 aliphatic carbocycles. The van der Waals surface area contributed by atoms with Gasteiger partial charge in [0.1, 0.15) is 5.60 Å². The van der Waals surface area contributed by atoms with Crippen molar-refractivity contribution in [1.82, 2.24) is 0 Å². The molecule has 0 bridgehead atoms. The molecular formula is C17H24O5S. The molecule has 0 aliphatic heterocycles. The van der Waals surface area contributed by atoms with E-state index in [9.17, 15) is 14.7 Å². The van der Waals surface area contributed by atoms with Crippen LogP contribution in [0.5, 0.6) is 0 Å². The van der Waals surface area contributed by atoms with Crippen molar-refractivity contribution < 1.29 is 24.8 Å². The minimum Gasteiger partial charge on any atom is -0.381 e. The predicted molar refractivity (Wildman–Crippen MR) is 87.2 cm³/mol. The van der Waals surface area contributed by atoms with Crippen molar-refractivity contribution in [2.45, 2.75) is 63.9 Å². The number of hydrogen-bond donors (Lipinski definition) is 2. The second kappa shape index (κ2) is 6.34. The van der Waals surface area contributed by atoms with Crippen LogP contribution in [0, 0.1) is 5.41 Å². The van der Waals surface area contributed by atoms with Gasteiger partial charge in [0.25, 0.3) is 5.78 Å². The Hall–Kier alpha value is -1.24. The van der Waals surface area contributed by atoms with Gasteiger partial charge in [0.2, 0.25) is 0 Å². The van der Waals surface area contributed by atoms with Crippen molar-refractivity contribution in [3.8, 4) is 0 Å². The Kier molecular flexibility index (Phi) is 4.99. The number of carbonyl (C=O) groups excluding carboxylic acids is 2. The quantitative estimate of drug-likeness (QED) is 0.452. The van der Waals surface area contributed by atoms with E-state index in [1.165, 1.54) is 4.88 Å². The van der Waals surface area contributed by atoms with Crippen molar-refractivity contribution in [1.29, 1.82) is 0 Å². The zero-order valence-electron chi connectivity index (χ0n) is 13.8. The van der Waals surface area contributed by atoms with Crippen LogP contribution in [0.3, 0.4) is 0 Å². The first-order valence-electron chi connectivity index (χ1n) is 7.85. The van der Waals surface area contributed by atoms with Crippen molar-refractivity contribution >= 4 is 23.1 Å². The van der Waals surface area contributed by atoms with Gasteiger partial charge in [0.15, 0.2) is 0 Å². The van der Waals surface area contributed by atoms with E-state index in [0.29, 0.717) is 6.42 Å². The molecule has 23 heavy (non-hydrogen) atoms. The lowest BCUT2D eigenvalue weighted by Gasteiger charge is -2.54. The molecule has 2 N–H and O–H groups in total. The fourth-order valence-corrected chi connectivity index (χ4v) is 4.92. The minimum absolute atomic E-state index is 0.0514. The van der Waals surface area contributed by atoms with Crippen molar-refractivity contribution in [2.24, 2.45) is 5.41 Å². The van der Waals surface area contributed by atoms with E-state index < -0.39 is 17.4 Å². The third-order valence-electron chi connectivity index (χ3n) is 4.97. The fourth-order valence-electron chi connectivity index (χ4n) is 3.96. The average molecular weight is 340 g/mol. The number of ketones is 1. The van der Waals surface area contributed by atoms with Crippen LogP contribution in [0.15, 0.2) is 17.5 Å². The van der Waals surface area contributed by atoms with E-state index in [2.05, 4.69) is 24.8 Å². The largest absolute Gasteiger partial charge is 0.411 e. The number of aliphatic hydroxyl groups is 1. The molecule has 128 valence electrons. The lowest BCUT2D eigenvalue weighted by atomic mass is 9.52. The minimum atomic E-state index is -1.79. The Bertz CT molecular complexity index is 570. The highest BCUT2D eigenvalue weighted by Gasteiger charge is 2.52. The maximum absolute atomic E-state index is 12.0. The zero-order valence-corrected chi connectivity index (χ0v) is 14.6. The zero-order chi connectivity index (χ0) is 17.3. The normalized spacial score (nSPS) is 21.1.